The molecule has 0 spiro atoms. The molecule has 2 aromatic carbocycles. The Morgan fingerprint density at radius 3 is 2.13 bits per heavy atom. The van der Waals surface area contributed by atoms with Gasteiger partial charge in [0.05, 0.1) is 4.90 Å². The zero-order valence-corrected chi connectivity index (χ0v) is 18.3. The molecular formula is C23H27N3O4S. The number of nitrogens with zero attached hydrogens (tertiary/aromatic N) is 1. The molecule has 2 fully saturated rings. The minimum Gasteiger partial charge on any atom is -0.326 e. The highest BCUT2D eigenvalue weighted by atomic mass is 32.2. The maximum atomic E-state index is 12.9. The summed E-state index contributed by atoms with van der Waals surface area (Å²) >= 11 is 0. The zero-order chi connectivity index (χ0) is 22.0. The van der Waals surface area contributed by atoms with Crippen molar-refractivity contribution in [2.75, 3.05) is 23.7 Å². The van der Waals surface area contributed by atoms with E-state index in [4.69, 9.17) is 0 Å². The van der Waals surface area contributed by atoms with E-state index >= 15 is 0 Å². The number of anilines is 2. The molecule has 2 amide bonds. The van der Waals surface area contributed by atoms with Crippen LogP contribution in [-0.2, 0) is 14.8 Å². The lowest BCUT2D eigenvalue weighted by Gasteiger charge is -2.30. The van der Waals surface area contributed by atoms with Gasteiger partial charge in [-0.25, -0.2) is 8.42 Å². The van der Waals surface area contributed by atoms with Crippen LogP contribution in [-0.4, -0.2) is 37.6 Å². The van der Waals surface area contributed by atoms with Gasteiger partial charge < -0.3 is 10.6 Å². The van der Waals surface area contributed by atoms with Gasteiger partial charge in [0.25, 0.3) is 5.91 Å². The Morgan fingerprint density at radius 2 is 1.52 bits per heavy atom. The van der Waals surface area contributed by atoms with Gasteiger partial charge in [0.15, 0.2) is 0 Å². The number of rotatable bonds is 6. The van der Waals surface area contributed by atoms with Crippen molar-refractivity contribution in [3.63, 3.8) is 0 Å². The molecule has 0 radical (unpaired) electrons. The van der Waals surface area contributed by atoms with Crippen molar-refractivity contribution in [1.29, 1.82) is 0 Å². The lowest BCUT2D eigenvalue weighted by molar-refractivity contribution is -0.117. The highest BCUT2D eigenvalue weighted by Crippen LogP contribution is 2.30. The Morgan fingerprint density at radius 1 is 0.903 bits per heavy atom. The van der Waals surface area contributed by atoms with Crippen molar-refractivity contribution in [3.05, 3.63) is 54.1 Å². The first-order valence-corrected chi connectivity index (χ1v) is 12.1. The van der Waals surface area contributed by atoms with Gasteiger partial charge in [-0.3, -0.25) is 9.59 Å². The largest absolute Gasteiger partial charge is 0.326 e. The summed E-state index contributed by atoms with van der Waals surface area (Å²) in [5, 5.41) is 5.62. The van der Waals surface area contributed by atoms with Crippen molar-refractivity contribution < 1.29 is 18.0 Å². The summed E-state index contributed by atoms with van der Waals surface area (Å²) in [5.74, 6) is 0.190. The van der Waals surface area contributed by atoms with Gasteiger partial charge >= 0.3 is 0 Å². The first kappa shape index (κ1) is 21.5. The Labute approximate surface area is 182 Å². The standard InChI is InChI=1S/C23H27N3O4S/c1-16-3-2-14-26(15-16)31(29,30)21-12-10-20(11-13-21)25-23(28)18-6-8-19(9-7-18)24-22(27)17-4-5-17/h6-13,16-17H,2-5,14-15H2,1H3,(H,24,27)(H,25,28). The summed E-state index contributed by atoms with van der Waals surface area (Å²) in [6.45, 7) is 3.15. The summed E-state index contributed by atoms with van der Waals surface area (Å²) < 4.78 is 27.2. The molecule has 1 unspecified atom stereocenters. The third-order valence-corrected chi connectivity index (χ3v) is 7.61. The number of carbonyl (C=O) groups is 2. The fourth-order valence-corrected chi connectivity index (χ4v) is 5.32. The van der Waals surface area contributed by atoms with E-state index in [-0.39, 0.29) is 22.6 Å². The molecule has 1 saturated carbocycles. The van der Waals surface area contributed by atoms with Crippen LogP contribution in [0.5, 0.6) is 0 Å². The average Bonchev–Trinajstić information content (AvgIpc) is 3.60. The molecule has 2 aliphatic rings. The van der Waals surface area contributed by atoms with Gasteiger partial charge in [-0.05, 0) is 80.1 Å². The second-order valence-electron chi connectivity index (χ2n) is 8.43. The van der Waals surface area contributed by atoms with Gasteiger partial charge in [-0.1, -0.05) is 6.92 Å². The summed E-state index contributed by atoms with van der Waals surface area (Å²) in [4.78, 5) is 24.6. The summed E-state index contributed by atoms with van der Waals surface area (Å²) in [7, 11) is -3.52. The van der Waals surface area contributed by atoms with E-state index in [1.807, 2.05) is 0 Å². The van der Waals surface area contributed by atoms with Gasteiger partial charge in [-0.2, -0.15) is 4.31 Å². The quantitative estimate of drug-likeness (QED) is 0.714. The van der Waals surface area contributed by atoms with Crippen LogP contribution in [0.15, 0.2) is 53.4 Å². The summed E-state index contributed by atoms with van der Waals surface area (Å²) in [6, 6.07) is 12.9. The van der Waals surface area contributed by atoms with E-state index in [2.05, 4.69) is 17.6 Å². The number of hydrogen-bond acceptors (Lipinski definition) is 4. The van der Waals surface area contributed by atoms with E-state index < -0.39 is 10.0 Å². The van der Waals surface area contributed by atoms with Gasteiger partial charge in [-0.15, -0.1) is 0 Å². The van der Waals surface area contributed by atoms with E-state index in [1.54, 1.807) is 36.4 Å². The van der Waals surface area contributed by atoms with Crippen LogP contribution in [0.4, 0.5) is 11.4 Å². The third-order valence-electron chi connectivity index (χ3n) is 5.73. The molecular weight excluding hydrogens is 414 g/mol. The van der Waals surface area contributed by atoms with Crippen LogP contribution in [0.3, 0.4) is 0 Å². The second kappa shape index (κ2) is 8.80. The molecule has 1 saturated heterocycles. The Kier molecular flexibility index (Phi) is 6.11. The molecule has 164 valence electrons. The number of benzene rings is 2. The number of hydrogen-bond donors (Lipinski definition) is 2. The Hall–Kier alpha value is -2.71. The van der Waals surface area contributed by atoms with Crippen molar-refractivity contribution in [2.24, 2.45) is 11.8 Å². The average molecular weight is 442 g/mol. The van der Waals surface area contributed by atoms with Gasteiger partial charge in [0.2, 0.25) is 15.9 Å². The number of piperidine rings is 1. The molecule has 1 atom stereocenters. The maximum Gasteiger partial charge on any atom is 0.255 e. The predicted octanol–water partition coefficient (Wildman–Crippen LogP) is 3.71. The first-order chi connectivity index (χ1) is 14.8. The molecule has 8 heteroatoms. The molecule has 1 heterocycles. The fourth-order valence-electron chi connectivity index (χ4n) is 3.72. The summed E-state index contributed by atoms with van der Waals surface area (Å²) in [6.07, 6.45) is 3.79. The van der Waals surface area contributed by atoms with Crippen LogP contribution < -0.4 is 10.6 Å². The van der Waals surface area contributed by atoms with Gasteiger partial charge in [0.1, 0.15) is 0 Å². The van der Waals surface area contributed by atoms with Crippen molar-refractivity contribution in [3.8, 4) is 0 Å². The number of sulfonamides is 1. The van der Waals surface area contributed by atoms with Crippen molar-refractivity contribution in [2.45, 2.75) is 37.5 Å². The smallest absolute Gasteiger partial charge is 0.255 e. The fraction of sp³-hybridized carbons (Fsp3) is 0.391. The second-order valence-corrected chi connectivity index (χ2v) is 10.4. The first-order valence-electron chi connectivity index (χ1n) is 10.7. The molecule has 31 heavy (non-hydrogen) atoms. The molecule has 2 N–H and O–H groups in total. The Balaban J connectivity index is 1.38. The van der Waals surface area contributed by atoms with Crippen LogP contribution in [0.1, 0.15) is 43.0 Å². The molecule has 1 aliphatic carbocycles. The highest BCUT2D eigenvalue weighted by molar-refractivity contribution is 7.89. The van der Waals surface area contributed by atoms with Crippen LogP contribution >= 0.6 is 0 Å². The number of carbonyl (C=O) groups excluding carboxylic acids is 2. The summed E-state index contributed by atoms with van der Waals surface area (Å²) in [5.41, 5.74) is 1.63. The van der Waals surface area contributed by atoms with E-state index in [1.165, 1.54) is 16.4 Å². The molecule has 4 rings (SSSR count). The Bertz CT molecular complexity index is 1060. The zero-order valence-electron chi connectivity index (χ0n) is 17.5. The lowest BCUT2D eigenvalue weighted by Crippen LogP contribution is -2.39. The minimum absolute atomic E-state index is 0.0197. The van der Waals surface area contributed by atoms with E-state index in [0.29, 0.717) is 35.9 Å². The SMILES string of the molecule is CC1CCCN(S(=O)(=O)c2ccc(NC(=O)c3ccc(NC(=O)C4CC4)cc3)cc2)C1. The van der Waals surface area contributed by atoms with Crippen LogP contribution in [0.25, 0.3) is 0 Å². The molecule has 1 aliphatic heterocycles. The third kappa shape index (κ3) is 5.14. The number of amides is 2. The molecule has 0 aromatic heterocycles. The van der Waals surface area contributed by atoms with Crippen LogP contribution in [0, 0.1) is 11.8 Å². The van der Waals surface area contributed by atoms with Gasteiger partial charge in [0, 0.05) is 35.9 Å². The normalized spacial score (nSPS) is 19.6. The maximum absolute atomic E-state index is 12.9. The number of nitrogens with one attached hydrogen (secondary N) is 2. The predicted molar refractivity (Wildman–Crippen MR) is 119 cm³/mol. The van der Waals surface area contributed by atoms with Crippen LogP contribution in [0.2, 0.25) is 0 Å². The van der Waals surface area contributed by atoms with E-state index in [9.17, 15) is 18.0 Å². The lowest BCUT2D eigenvalue weighted by atomic mass is 10.0. The minimum atomic E-state index is -3.52. The van der Waals surface area contributed by atoms with Crippen molar-refractivity contribution in [1.82, 2.24) is 4.31 Å². The molecule has 0 bridgehead atoms. The van der Waals surface area contributed by atoms with Crippen molar-refractivity contribution >= 4 is 33.2 Å². The monoisotopic (exact) mass is 441 g/mol. The topological polar surface area (TPSA) is 95.6 Å². The molecule has 2 aromatic rings. The molecule has 7 nitrogen and oxygen atoms in total. The van der Waals surface area contributed by atoms with E-state index in [0.717, 1.165) is 25.7 Å². The highest BCUT2D eigenvalue weighted by Gasteiger charge is 2.30.